The number of aromatic nitrogens is 1. The molecule has 1 amide bonds. The lowest BCUT2D eigenvalue weighted by Crippen LogP contribution is -2.50. The van der Waals surface area contributed by atoms with Crippen LogP contribution in [0.2, 0.25) is 5.02 Å². The van der Waals surface area contributed by atoms with Crippen LogP contribution in [0.15, 0.2) is 47.5 Å². The third kappa shape index (κ3) is 4.69. The van der Waals surface area contributed by atoms with E-state index in [-0.39, 0.29) is 4.90 Å². The van der Waals surface area contributed by atoms with E-state index in [1.807, 2.05) is 17.0 Å². The van der Waals surface area contributed by atoms with E-state index in [0.717, 1.165) is 24.2 Å². The van der Waals surface area contributed by atoms with Crippen LogP contribution in [0.1, 0.15) is 24.4 Å². The van der Waals surface area contributed by atoms with Gasteiger partial charge in [-0.2, -0.15) is 4.31 Å². The molecule has 3 heterocycles. The van der Waals surface area contributed by atoms with Gasteiger partial charge in [-0.05, 0) is 42.7 Å². The summed E-state index contributed by atoms with van der Waals surface area (Å²) in [5, 5.41) is 0.609. The Labute approximate surface area is 187 Å². The van der Waals surface area contributed by atoms with Crippen molar-refractivity contribution in [3.63, 3.8) is 0 Å². The maximum Gasteiger partial charge on any atom is 0.244 e. The number of piperazine rings is 1. The lowest BCUT2D eigenvalue weighted by atomic mass is 10.0. The number of pyridine rings is 1. The number of hydrogen-bond acceptors (Lipinski definition) is 6. The van der Waals surface area contributed by atoms with Gasteiger partial charge >= 0.3 is 0 Å². The highest BCUT2D eigenvalue weighted by atomic mass is 35.5. The second-order valence-electron chi connectivity index (χ2n) is 7.84. The molecule has 0 unspecified atom stereocenters. The Hall–Kier alpha value is -2.20. The minimum absolute atomic E-state index is 0.230. The van der Waals surface area contributed by atoms with Crippen LogP contribution in [0.3, 0.4) is 0 Å². The molecule has 0 spiro atoms. The number of carbonyl (C=O) groups is 1. The molecule has 0 radical (unpaired) electrons. The molecule has 0 aliphatic carbocycles. The Bertz CT molecular complexity index is 1020. The summed E-state index contributed by atoms with van der Waals surface area (Å²) in [6, 6.07) is 10.0. The molecular weight excluding hydrogens is 438 g/mol. The van der Waals surface area contributed by atoms with E-state index in [2.05, 4.69) is 9.88 Å². The van der Waals surface area contributed by atoms with E-state index >= 15 is 0 Å². The second-order valence-corrected chi connectivity index (χ2v) is 10.2. The molecule has 2 fully saturated rings. The second kappa shape index (κ2) is 9.12. The number of benzene rings is 1. The lowest BCUT2D eigenvalue weighted by molar-refractivity contribution is -0.123. The summed E-state index contributed by atoms with van der Waals surface area (Å²) in [7, 11) is -3.47. The highest BCUT2D eigenvalue weighted by Gasteiger charge is 2.30. The molecule has 1 aromatic carbocycles. The third-order valence-corrected chi connectivity index (χ3v) is 8.02. The molecule has 0 saturated carbocycles. The zero-order valence-electron chi connectivity index (χ0n) is 17.2. The SMILES string of the molecule is NC(=O)[C@@H](c1ccc(Cl)cc1)N1CCN(c2ccc(S(=O)(=O)N3CCCC3)cn2)CC1. The van der Waals surface area contributed by atoms with Gasteiger partial charge in [0.05, 0.1) is 0 Å². The Morgan fingerprint density at radius 2 is 1.61 bits per heavy atom. The van der Waals surface area contributed by atoms with Crippen molar-refractivity contribution in [1.82, 2.24) is 14.2 Å². The molecule has 4 rings (SSSR count). The lowest BCUT2D eigenvalue weighted by Gasteiger charge is -2.38. The molecule has 1 atom stereocenters. The first kappa shape index (κ1) is 22.0. The first-order valence-corrected chi connectivity index (χ1v) is 12.2. The summed E-state index contributed by atoms with van der Waals surface area (Å²) < 4.78 is 26.9. The first-order chi connectivity index (χ1) is 14.9. The maximum absolute atomic E-state index is 12.7. The van der Waals surface area contributed by atoms with Crippen LogP contribution in [-0.2, 0) is 14.8 Å². The number of carbonyl (C=O) groups excluding carboxylic acids is 1. The maximum atomic E-state index is 12.7. The van der Waals surface area contributed by atoms with Gasteiger partial charge < -0.3 is 10.6 Å². The van der Waals surface area contributed by atoms with Gasteiger partial charge in [-0.1, -0.05) is 23.7 Å². The highest BCUT2D eigenvalue weighted by molar-refractivity contribution is 7.89. The van der Waals surface area contributed by atoms with Gasteiger partial charge in [0.25, 0.3) is 0 Å². The zero-order valence-corrected chi connectivity index (χ0v) is 18.7. The summed E-state index contributed by atoms with van der Waals surface area (Å²) >= 11 is 5.96. The van der Waals surface area contributed by atoms with E-state index < -0.39 is 22.0 Å². The van der Waals surface area contributed by atoms with E-state index in [0.29, 0.717) is 44.3 Å². The molecular formula is C21H26ClN5O3S. The van der Waals surface area contributed by atoms with E-state index in [9.17, 15) is 13.2 Å². The normalized spacial score (nSPS) is 19.5. The van der Waals surface area contributed by atoms with Gasteiger partial charge in [-0.3, -0.25) is 9.69 Å². The van der Waals surface area contributed by atoms with Gasteiger partial charge in [0.15, 0.2) is 0 Å². The van der Waals surface area contributed by atoms with Crippen LogP contribution < -0.4 is 10.6 Å². The number of sulfonamides is 1. The molecule has 8 nitrogen and oxygen atoms in total. The zero-order chi connectivity index (χ0) is 22.0. The quantitative estimate of drug-likeness (QED) is 0.702. The smallest absolute Gasteiger partial charge is 0.244 e. The Kier molecular flexibility index (Phi) is 6.47. The Morgan fingerprint density at radius 1 is 0.968 bits per heavy atom. The van der Waals surface area contributed by atoms with E-state index in [4.69, 9.17) is 17.3 Å². The summed E-state index contributed by atoms with van der Waals surface area (Å²) in [6.07, 6.45) is 3.24. The van der Waals surface area contributed by atoms with Crippen LogP contribution in [0.4, 0.5) is 5.82 Å². The molecule has 2 N–H and O–H groups in total. The number of nitrogens with zero attached hydrogens (tertiary/aromatic N) is 4. The van der Waals surface area contributed by atoms with Crippen molar-refractivity contribution in [2.75, 3.05) is 44.2 Å². The minimum Gasteiger partial charge on any atom is -0.368 e. The number of amides is 1. The number of primary amides is 1. The fraction of sp³-hybridized carbons (Fsp3) is 0.429. The molecule has 2 saturated heterocycles. The molecule has 2 aliphatic heterocycles. The van der Waals surface area contributed by atoms with Crippen molar-refractivity contribution in [2.45, 2.75) is 23.8 Å². The van der Waals surface area contributed by atoms with Crippen LogP contribution in [0.5, 0.6) is 0 Å². The van der Waals surface area contributed by atoms with Crippen LogP contribution in [-0.4, -0.2) is 67.8 Å². The average molecular weight is 464 g/mol. The Balaban J connectivity index is 1.42. The predicted molar refractivity (Wildman–Crippen MR) is 119 cm³/mol. The predicted octanol–water partition coefficient (Wildman–Crippen LogP) is 1.87. The third-order valence-electron chi connectivity index (χ3n) is 5.88. The minimum atomic E-state index is -3.47. The van der Waals surface area contributed by atoms with Crippen molar-refractivity contribution in [1.29, 1.82) is 0 Å². The number of halogens is 1. The van der Waals surface area contributed by atoms with Gasteiger partial charge in [0.1, 0.15) is 16.8 Å². The molecule has 166 valence electrons. The summed E-state index contributed by atoms with van der Waals surface area (Å²) in [4.78, 5) is 20.9. The van der Waals surface area contributed by atoms with Crippen molar-refractivity contribution in [2.24, 2.45) is 5.73 Å². The van der Waals surface area contributed by atoms with Crippen molar-refractivity contribution >= 4 is 33.3 Å². The fourth-order valence-corrected chi connectivity index (χ4v) is 5.79. The molecule has 0 bridgehead atoms. The van der Waals surface area contributed by atoms with Crippen molar-refractivity contribution in [3.05, 3.63) is 53.2 Å². The van der Waals surface area contributed by atoms with Gasteiger partial charge in [-0.15, -0.1) is 0 Å². The number of nitrogens with two attached hydrogens (primary N) is 1. The topological polar surface area (TPSA) is 99.8 Å². The molecule has 2 aliphatic rings. The summed E-state index contributed by atoms with van der Waals surface area (Å²) in [6.45, 7) is 3.71. The average Bonchev–Trinajstić information content (AvgIpc) is 3.32. The van der Waals surface area contributed by atoms with Gasteiger partial charge in [0, 0.05) is 50.5 Å². The van der Waals surface area contributed by atoms with Crippen molar-refractivity contribution < 1.29 is 13.2 Å². The largest absolute Gasteiger partial charge is 0.368 e. The van der Waals surface area contributed by atoms with E-state index in [1.165, 1.54) is 10.5 Å². The monoisotopic (exact) mass is 463 g/mol. The van der Waals surface area contributed by atoms with Gasteiger partial charge in [0.2, 0.25) is 15.9 Å². The number of hydrogen-bond donors (Lipinski definition) is 1. The molecule has 1 aromatic heterocycles. The summed E-state index contributed by atoms with van der Waals surface area (Å²) in [5.74, 6) is 0.326. The molecule has 31 heavy (non-hydrogen) atoms. The molecule has 2 aromatic rings. The summed E-state index contributed by atoms with van der Waals surface area (Å²) in [5.41, 5.74) is 6.51. The first-order valence-electron chi connectivity index (χ1n) is 10.4. The molecule has 10 heteroatoms. The van der Waals surface area contributed by atoms with Crippen molar-refractivity contribution in [3.8, 4) is 0 Å². The Morgan fingerprint density at radius 3 is 2.16 bits per heavy atom. The highest BCUT2D eigenvalue weighted by Crippen LogP contribution is 2.26. The fourth-order valence-electron chi connectivity index (χ4n) is 4.20. The van der Waals surface area contributed by atoms with Crippen LogP contribution in [0, 0.1) is 0 Å². The van der Waals surface area contributed by atoms with Crippen LogP contribution in [0.25, 0.3) is 0 Å². The van der Waals surface area contributed by atoms with Gasteiger partial charge in [-0.25, -0.2) is 13.4 Å². The standard InChI is InChI=1S/C21H26ClN5O3S/c22-17-5-3-16(4-6-17)20(21(23)28)26-13-11-25(12-14-26)19-8-7-18(15-24-19)31(29,30)27-9-1-2-10-27/h3-8,15,20H,1-2,9-14H2,(H2,23,28)/t20-/m1/s1. The number of anilines is 1. The van der Waals surface area contributed by atoms with E-state index in [1.54, 1.807) is 24.3 Å². The number of rotatable bonds is 6. The van der Waals surface area contributed by atoms with Crippen LogP contribution >= 0.6 is 11.6 Å².